The number of hydrogen-bond donors (Lipinski definition) is 1. The summed E-state index contributed by atoms with van der Waals surface area (Å²) in [6.07, 6.45) is 0. The van der Waals surface area contributed by atoms with Crippen molar-refractivity contribution in [2.75, 3.05) is 5.32 Å². The third-order valence-electron chi connectivity index (χ3n) is 3.70. The average molecular weight is 425 g/mol. The number of fused-ring (bicyclic) bond motifs is 1. The summed E-state index contributed by atoms with van der Waals surface area (Å²) in [6.45, 7) is 0. The molecule has 2 aromatic carbocycles. The van der Waals surface area contributed by atoms with Crippen LogP contribution in [-0.4, -0.2) is 20.5 Å². The van der Waals surface area contributed by atoms with Crippen molar-refractivity contribution in [1.29, 1.82) is 0 Å². The molecule has 5 nitrogen and oxygen atoms in total. The number of rotatable bonds is 3. The van der Waals surface area contributed by atoms with Crippen LogP contribution in [0.25, 0.3) is 16.2 Å². The SMILES string of the molecule is O=C(Nc1nc2scc(-c3ccc(Cl)cc3Cl)n2n1)c1ccc(F)c(F)c1. The van der Waals surface area contributed by atoms with Crippen LogP contribution < -0.4 is 5.32 Å². The molecule has 1 N–H and O–H groups in total. The number of amides is 1. The van der Waals surface area contributed by atoms with E-state index < -0.39 is 17.5 Å². The largest absolute Gasteiger partial charge is 0.289 e. The topological polar surface area (TPSA) is 59.3 Å². The minimum atomic E-state index is -1.11. The van der Waals surface area contributed by atoms with Gasteiger partial charge in [0.1, 0.15) is 0 Å². The van der Waals surface area contributed by atoms with Gasteiger partial charge in [-0.25, -0.2) is 13.3 Å². The minimum absolute atomic E-state index is 0.0305. The number of nitrogens with zero attached hydrogens (tertiary/aromatic N) is 3. The molecule has 0 unspecified atom stereocenters. The van der Waals surface area contributed by atoms with Gasteiger partial charge in [0.2, 0.25) is 4.96 Å². The molecule has 0 spiro atoms. The Balaban J connectivity index is 1.65. The first-order valence-corrected chi connectivity index (χ1v) is 9.12. The maximum absolute atomic E-state index is 13.3. The van der Waals surface area contributed by atoms with E-state index in [9.17, 15) is 13.6 Å². The van der Waals surface area contributed by atoms with Crippen molar-refractivity contribution >= 4 is 51.4 Å². The van der Waals surface area contributed by atoms with E-state index in [0.29, 0.717) is 26.3 Å². The summed E-state index contributed by atoms with van der Waals surface area (Å²) in [5.41, 5.74) is 1.33. The first-order valence-electron chi connectivity index (χ1n) is 7.48. The molecule has 27 heavy (non-hydrogen) atoms. The molecular weight excluding hydrogens is 417 g/mol. The van der Waals surface area contributed by atoms with Crippen molar-refractivity contribution in [2.45, 2.75) is 0 Å². The molecule has 0 fully saturated rings. The Morgan fingerprint density at radius 1 is 1.11 bits per heavy atom. The van der Waals surface area contributed by atoms with E-state index in [1.54, 1.807) is 18.2 Å². The lowest BCUT2D eigenvalue weighted by Crippen LogP contribution is -2.13. The van der Waals surface area contributed by atoms with Crippen LogP contribution in [0.1, 0.15) is 10.4 Å². The molecule has 2 heterocycles. The first-order chi connectivity index (χ1) is 12.9. The standard InChI is InChI=1S/C17H8Cl2F2N4OS/c18-9-2-3-10(11(19)6-9)14-7-27-17-23-16(24-25(14)17)22-15(26)8-1-4-12(20)13(21)5-8/h1-7H,(H,22,24,26). The maximum Gasteiger partial charge on any atom is 0.258 e. The minimum Gasteiger partial charge on any atom is -0.289 e. The molecule has 0 aliphatic heterocycles. The Bertz CT molecular complexity index is 1190. The molecule has 1 amide bonds. The van der Waals surface area contributed by atoms with Gasteiger partial charge in [0, 0.05) is 21.5 Å². The van der Waals surface area contributed by atoms with E-state index in [1.165, 1.54) is 21.9 Å². The van der Waals surface area contributed by atoms with Gasteiger partial charge in [0.15, 0.2) is 11.6 Å². The van der Waals surface area contributed by atoms with Crippen LogP contribution in [0.5, 0.6) is 0 Å². The lowest BCUT2D eigenvalue weighted by Gasteiger charge is -2.03. The number of hydrogen-bond acceptors (Lipinski definition) is 4. The molecule has 0 aliphatic carbocycles. The number of carbonyl (C=O) groups is 1. The fourth-order valence-corrected chi connectivity index (χ4v) is 3.76. The van der Waals surface area contributed by atoms with Crippen LogP contribution in [0.4, 0.5) is 14.7 Å². The van der Waals surface area contributed by atoms with Crippen LogP contribution >= 0.6 is 34.5 Å². The van der Waals surface area contributed by atoms with Crippen LogP contribution in [0, 0.1) is 11.6 Å². The molecule has 0 radical (unpaired) electrons. The van der Waals surface area contributed by atoms with Gasteiger partial charge >= 0.3 is 0 Å². The number of thiazole rings is 1. The Morgan fingerprint density at radius 2 is 1.93 bits per heavy atom. The van der Waals surface area contributed by atoms with Gasteiger partial charge in [-0.3, -0.25) is 10.1 Å². The number of carbonyl (C=O) groups excluding carboxylic acids is 1. The molecule has 4 rings (SSSR count). The normalized spacial score (nSPS) is 11.1. The molecule has 0 saturated heterocycles. The highest BCUT2D eigenvalue weighted by atomic mass is 35.5. The summed E-state index contributed by atoms with van der Waals surface area (Å²) in [6, 6.07) is 7.93. The zero-order valence-corrected chi connectivity index (χ0v) is 15.5. The second kappa shape index (κ2) is 6.88. The molecule has 4 aromatic rings. The molecular formula is C17H8Cl2F2N4OS. The van der Waals surface area contributed by atoms with Gasteiger partial charge in [-0.15, -0.1) is 16.4 Å². The van der Waals surface area contributed by atoms with Crippen molar-refractivity contribution in [1.82, 2.24) is 14.6 Å². The van der Waals surface area contributed by atoms with Crippen LogP contribution in [0.3, 0.4) is 0 Å². The highest BCUT2D eigenvalue weighted by Crippen LogP contribution is 2.33. The monoisotopic (exact) mass is 424 g/mol. The van der Waals surface area contributed by atoms with E-state index >= 15 is 0 Å². The van der Waals surface area contributed by atoms with Gasteiger partial charge in [-0.1, -0.05) is 23.2 Å². The molecule has 0 saturated carbocycles. The molecule has 10 heteroatoms. The number of anilines is 1. The lowest BCUT2D eigenvalue weighted by molar-refractivity contribution is 0.102. The summed E-state index contributed by atoms with van der Waals surface area (Å²) in [4.78, 5) is 16.9. The van der Waals surface area contributed by atoms with Crippen molar-refractivity contribution < 1.29 is 13.6 Å². The van der Waals surface area contributed by atoms with Gasteiger partial charge in [-0.05, 0) is 36.4 Å². The lowest BCUT2D eigenvalue weighted by atomic mass is 10.2. The van der Waals surface area contributed by atoms with Crippen molar-refractivity contribution in [2.24, 2.45) is 0 Å². The second-order valence-electron chi connectivity index (χ2n) is 5.46. The van der Waals surface area contributed by atoms with Gasteiger partial charge in [-0.2, -0.15) is 4.98 Å². The predicted octanol–water partition coefficient (Wildman–Crippen LogP) is 5.30. The predicted molar refractivity (Wildman–Crippen MR) is 101 cm³/mol. The smallest absolute Gasteiger partial charge is 0.258 e. The number of nitrogens with one attached hydrogen (secondary N) is 1. The summed E-state index contributed by atoms with van der Waals surface area (Å²) in [7, 11) is 0. The van der Waals surface area contributed by atoms with E-state index in [0.717, 1.165) is 12.1 Å². The summed E-state index contributed by atoms with van der Waals surface area (Å²) >= 11 is 13.5. The molecule has 136 valence electrons. The number of halogens is 4. The first kappa shape index (κ1) is 17.8. The Hall–Kier alpha value is -2.55. The molecule has 2 aromatic heterocycles. The molecule has 0 aliphatic rings. The fourth-order valence-electron chi connectivity index (χ4n) is 2.43. The summed E-state index contributed by atoms with van der Waals surface area (Å²) in [5, 5.41) is 9.49. The van der Waals surface area contributed by atoms with E-state index in [-0.39, 0.29) is 11.5 Å². The Labute approximate surface area is 165 Å². The zero-order chi connectivity index (χ0) is 19.1. The van der Waals surface area contributed by atoms with Gasteiger partial charge < -0.3 is 0 Å². The maximum atomic E-state index is 13.3. The summed E-state index contributed by atoms with van der Waals surface area (Å²) < 4.78 is 27.8. The highest BCUT2D eigenvalue weighted by molar-refractivity contribution is 7.15. The number of aromatic nitrogens is 3. The highest BCUT2D eigenvalue weighted by Gasteiger charge is 2.16. The zero-order valence-electron chi connectivity index (χ0n) is 13.2. The van der Waals surface area contributed by atoms with E-state index in [2.05, 4.69) is 15.4 Å². The molecule has 0 atom stereocenters. The van der Waals surface area contributed by atoms with Crippen molar-refractivity contribution in [3.05, 3.63) is 69.0 Å². The third-order valence-corrected chi connectivity index (χ3v) is 5.06. The second-order valence-corrected chi connectivity index (χ2v) is 7.14. The molecule has 0 bridgehead atoms. The van der Waals surface area contributed by atoms with Crippen LogP contribution in [-0.2, 0) is 0 Å². The number of benzene rings is 2. The Kier molecular flexibility index (Phi) is 4.55. The average Bonchev–Trinajstić information content (AvgIpc) is 3.18. The van der Waals surface area contributed by atoms with Crippen molar-refractivity contribution in [3.63, 3.8) is 0 Å². The van der Waals surface area contributed by atoms with Crippen LogP contribution in [0.2, 0.25) is 10.0 Å². The van der Waals surface area contributed by atoms with Crippen molar-refractivity contribution in [3.8, 4) is 11.3 Å². The summed E-state index contributed by atoms with van der Waals surface area (Å²) in [5.74, 6) is -2.76. The fraction of sp³-hybridized carbons (Fsp3) is 0. The van der Waals surface area contributed by atoms with E-state index in [1.807, 2.05) is 5.38 Å². The van der Waals surface area contributed by atoms with Gasteiger partial charge in [0.05, 0.1) is 10.7 Å². The quantitative estimate of drug-likeness (QED) is 0.485. The third kappa shape index (κ3) is 3.39. The van der Waals surface area contributed by atoms with E-state index in [4.69, 9.17) is 23.2 Å². The van der Waals surface area contributed by atoms with Gasteiger partial charge in [0.25, 0.3) is 11.9 Å². The Morgan fingerprint density at radius 3 is 2.67 bits per heavy atom. The van der Waals surface area contributed by atoms with Crippen LogP contribution in [0.15, 0.2) is 41.8 Å².